The van der Waals surface area contributed by atoms with Gasteiger partial charge in [-0.25, -0.2) is 0 Å². The van der Waals surface area contributed by atoms with Crippen LogP contribution in [0.3, 0.4) is 0 Å². The quantitative estimate of drug-likeness (QED) is 0.703. The number of nitrogens with one attached hydrogen (secondary N) is 1. The van der Waals surface area contributed by atoms with Crippen LogP contribution in [0.5, 0.6) is 0 Å². The zero-order chi connectivity index (χ0) is 17.2. The first-order chi connectivity index (χ1) is 12.2. The molecule has 1 aliphatic rings. The molecule has 0 spiro atoms. The SMILES string of the molecule is O=C1c2cnccc2C(Nc2ccc(Br)cc2)N1Cc1ccccc1. The molecule has 0 saturated heterocycles. The summed E-state index contributed by atoms with van der Waals surface area (Å²) in [4.78, 5) is 18.9. The van der Waals surface area contributed by atoms with E-state index in [9.17, 15) is 4.79 Å². The first-order valence-electron chi connectivity index (χ1n) is 8.03. The zero-order valence-corrected chi connectivity index (χ0v) is 15.0. The highest BCUT2D eigenvalue weighted by molar-refractivity contribution is 9.10. The van der Waals surface area contributed by atoms with Gasteiger partial charge in [-0.05, 0) is 35.9 Å². The molecule has 0 bridgehead atoms. The van der Waals surface area contributed by atoms with Gasteiger partial charge in [0.25, 0.3) is 5.91 Å². The van der Waals surface area contributed by atoms with E-state index in [1.54, 1.807) is 12.4 Å². The molecule has 0 aliphatic carbocycles. The molecule has 2 aromatic carbocycles. The molecule has 2 heterocycles. The topological polar surface area (TPSA) is 45.2 Å². The number of carbonyl (C=O) groups excluding carboxylic acids is 1. The third-order valence-corrected chi connectivity index (χ3v) is 4.82. The first-order valence-corrected chi connectivity index (χ1v) is 8.82. The number of rotatable bonds is 4. The van der Waals surface area contributed by atoms with E-state index in [4.69, 9.17) is 0 Å². The van der Waals surface area contributed by atoms with Crippen molar-refractivity contribution < 1.29 is 4.79 Å². The van der Waals surface area contributed by atoms with Gasteiger partial charge in [-0.15, -0.1) is 0 Å². The van der Waals surface area contributed by atoms with Gasteiger partial charge in [-0.1, -0.05) is 46.3 Å². The van der Waals surface area contributed by atoms with Crippen LogP contribution in [0.2, 0.25) is 0 Å². The smallest absolute Gasteiger partial charge is 0.258 e. The molecule has 4 rings (SSSR count). The summed E-state index contributed by atoms with van der Waals surface area (Å²) in [5.74, 6) is 0.00145. The molecule has 4 nitrogen and oxygen atoms in total. The Kier molecular flexibility index (Phi) is 4.24. The fraction of sp³-hybridized carbons (Fsp3) is 0.100. The molecule has 0 fully saturated rings. The second kappa shape index (κ2) is 6.69. The Morgan fingerprint density at radius 3 is 2.56 bits per heavy atom. The summed E-state index contributed by atoms with van der Waals surface area (Å²) in [5.41, 5.74) is 3.68. The van der Waals surface area contributed by atoms with Gasteiger partial charge >= 0.3 is 0 Å². The Morgan fingerprint density at radius 2 is 1.80 bits per heavy atom. The first kappa shape index (κ1) is 15.8. The standard InChI is InChI=1S/C20H16BrN3O/c21-15-6-8-16(9-7-15)23-19-17-10-11-22-12-18(17)20(25)24(19)13-14-4-2-1-3-5-14/h1-12,19,23H,13H2. The van der Waals surface area contributed by atoms with Crippen molar-refractivity contribution in [2.75, 3.05) is 5.32 Å². The monoisotopic (exact) mass is 393 g/mol. The van der Waals surface area contributed by atoms with Crippen LogP contribution >= 0.6 is 15.9 Å². The number of hydrogen-bond donors (Lipinski definition) is 1. The van der Waals surface area contributed by atoms with Crippen LogP contribution in [-0.2, 0) is 6.54 Å². The Morgan fingerprint density at radius 1 is 1.04 bits per heavy atom. The highest BCUT2D eigenvalue weighted by atomic mass is 79.9. The minimum absolute atomic E-state index is 0.00145. The number of anilines is 1. The summed E-state index contributed by atoms with van der Waals surface area (Å²) < 4.78 is 1.02. The van der Waals surface area contributed by atoms with Gasteiger partial charge < -0.3 is 10.2 Å². The van der Waals surface area contributed by atoms with E-state index in [1.807, 2.05) is 65.6 Å². The summed E-state index contributed by atoms with van der Waals surface area (Å²) in [6.07, 6.45) is 3.17. The van der Waals surface area contributed by atoms with Crippen LogP contribution in [0, 0.1) is 0 Å². The van der Waals surface area contributed by atoms with E-state index < -0.39 is 0 Å². The van der Waals surface area contributed by atoms with Gasteiger partial charge in [0.15, 0.2) is 0 Å². The number of pyridine rings is 1. The summed E-state index contributed by atoms with van der Waals surface area (Å²) >= 11 is 3.45. The molecule has 1 aliphatic heterocycles. The van der Waals surface area contributed by atoms with E-state index >= 15 is 0 Å². The number of halogens is 1. The molecule has 1 aromatic heterocycles. The number of nitrogens with zero attached hydrogens (tertiary/aromatic N) is 2. The van der Waals surface area contributed by atoms with Gasteiger partial charge in [-0.3, -0.25) is 9.78 Å². The minimum atomic E-state index is -0.216. The zero-order valence-electron chi connectivity index (χ0n) is 13.4. The van der Waals surface area contributed by atoms with Gasteiger partial charge in [0.05, 0.1) is 5.56 Å². The maximum absolute atomic E-state index is 12.9. The molecule has 1 amide bonds. The summed E-state index contributed by atoms with van der Waals surface area (Å²) in [6, 6.07) is 19.9. The maximum Gasteiger partial charge on any atom is 0.258 e. The fourth-order valence-corrected chi connectivity index (χ4v) is 3.33. The van der Waals surface area contributed by atoms with Crippen LogP contribution in [0.15, 0.2) is 77.5 Å². The third kappa shape index (κ3) is 3.15. The third-order valence-electron chi connectivity index (χ3n) is 4.30. The number of amides is 1. The minimum Gasteiger partial charge on any atom is -0.361 e. The van der Waals surface area contributed by atoms with Gasteiger partial charge in [0.1, 0.15) is 6.17 Å². The fourth-order valence-electron chi connectivity index (χ4n) is 3.07. The van der Waals surface area contributed by atoms with Crippen LogP contribution in [0.4, 0.5) is 5.69 Å². The lowest BCUT2D eigenvalue weighted by Gasteiger charge is -2.27. The van der Waals surface area contributed by atoms with E-state index in [0.717, 1.165) is 21.3 Å². The predicted molar refractivity (Wildman–Crippen MR) is 101 cm³/mol. The van der Waals surface area contributed by atoms with Crippen LogP contribution in [0.1, 0.15) is 27.7 Å². The predicted octanol–water partition coefficient (Wildman–Crippen LogP) is 4.61. The molecule has 1 atom stereocenters. The number of fused-ring (bicyclic) bond motifs is 1. The molecule has 0 radical (unpaired) electrons. The van der Waals surface area contributed by atoms with Crippen molar-refractivity contribution in [3.63, 3.8) is 0 Å². The lowest BCUT2D eigenvalue weighted by molar-refractivity contribution is 0.0728. The van der Waals surface area contributed by atoms with Gasteiger partial charge in [0, 0.05) is 34.7 Å². The summed E-state index contributed by atoms with van der Waals surface area (Å²) in [7, 11) is 0. The lowest BCUT2D eigenvalue weighted by atomic mass is 10.1. The van der Waals surface area contributed by atoms with Crippen LogP contribution < -0.4 is 5.32 Å². The van der Waals surface area contributed by atoms with Crippen molar-refractivity contribution in [2.45, 2.75) is 12.7 Å². The molecule has 124 valence electrons. The van der Waals surface area contributed by atoms with Crippen molar-refractivity contribution in [3.05, 3.63) is 94.2 Å². The largest absolute Gasteiger partial charge is 0.361 e. The van der Waals surface area contributed by atoms with Crippen molar-refractivity contribution in [1.82, 2.24) is 9.88 Å². The Hall–Kier alpha value is -2.66. The van der Waals surface area contributed by atoms with Crippen molar-refractivity contribution in [3.8, 4) is 0 Å². The molecule has 1 N–H and O–H groups in total. The van der Waals surface area contributed by atoms with E-state index in [2.05, 4.69) is 26.2 Å². The molecule has 1 unspecified atom stereocenters. The number of benzene rings is 2. The van der Waals surface area contributed by atoms with Crippen LogP contribution in [-0.4, -0.2) is 15.8 Å². The highest BCUT2D eigenvalue weighted by Gasteiger charge is 2.36. The van der Waals surface area contributed by atoms with E-state index in [1.165, 1.54) is 0 Å². The maximum atomic E-state index is 12.9. The molecular weight excluding hydrogens is 378 g/mol. The summed E-state index contributed by atoms with van der Waals surface area (Å²) in [6.45, 7) is 0.544. The van der Waals surface area contributed by atoms with Gasteiger partial charge in [0.2, 0.25) is 0 Å². The van der Waals surface area contributed by atoms with Gasteiger partial charge in [-0.2, -0.15) is 0 Å². The van der Waals surface area contributed by atoms with E-state index in [-0.39, 0.29) is 12.1 Å². The number of aromatic nitrogens is 1. The molecule has 5 heteroatoms. The lowest BCUT2D eigenvalue weighted by Crippen LogP contribution is -2.31. The van der Waals surface area contributed by atoms with E-state index in [0.29, 0.717) is 12.1 Å². The molecule has 3 aromatic rings. The Bertz CT molecular complexity index is 896. The average molecular weight is 394 g/mol. The number of hydrogen-bond acceptors (Lipinski definition) is 3. The molecular formula is C20H16BrN3O. The average Bonchev–Trinajstić information content (AvgIpc) is 2.91. The highest BCUT2D eigenvalue weighted by Crippen LogP contribution is 2.35. The molecule has 25 heavy (non-hydrogen) atoms. The Balaban J connectivity index is 1.68. The number of carbonyl (C=O) groups is 1. The van der Waals surface area contributed by atoms with Crippen molar-refractivity contribution >= 4 is 27.5 Å². The van der Waals surface area contributed by atoms with Crippen molar-refractivity contribution in [1.29, 1.82) is 0 Å². The second-order valence-electron chi connectivity index (χ2n) is 5.94. The molecule has 0 saturated carbocycles. The van der Waals surface area contributed by atoms with Crippen LogP contribution in [0.25, 0.3) is 0 Å². The summed E-state index contributed by atoms with van der Waals surface area (Å²) in [5, 5.41) is 3.48. The Labute approximate surface area is 154 Å². The second-order valence-corrected chi connectivity index (χ2v) is 6.85. The van der Waals surface area contributed by atoms with Crippen molar-refractivity contribution in [2.24, 2.45) is 0 Å². The normalized spacial score (nSPS) is 16.0.